The lowest BCUT2D eigenvalue weighted by Gasteiger charge is -2.00. The minimum atomic E-state index is -0.196. The summed E-state index contributed by atoms with van der Waals surface area (Å²) in [5, 5.41) is 0. The fourth-order valence-electron chi connectivity index (χ4n) is 1.93. The molecule has 0 aliphatic heterocycles. The molecule has 1 N–H and O–H groups in total. The molecule has 0 unspecified atom stereocenters. The molecule has 104 valence electrons. The molecule has 1 aromatic heterocycles. The topological polar surface area (TPSA) is 45.8 Å². The molecule has 5 heteroatoms. The summed E-state index contributed by atoms with van der Waals surface area (Å²) >= 11 is 6.79. The van der Waals surface area contributed by atoms with Crippen LogP contribution in [0.3, 0.4) is 0 Å². The standard InChI is InChI=1S/C16H10Br2N2O/c17-11-4-1-10(2-5-11)3-7-14-16(21)20-13-8-6-12(18)9-15(13)19-14/h1-9H,(H,20,21)/b7-3+. The van der Waals surface area contributed by atoms with Crippen molar-refractivity contribution in [2.24, 2.45) is 0 Å². The van der Waals surface area contributed by atoms with Crippen molar-refractivity contribution in [3.63, 3.8) is 0 Å². The van der Waals surface area contributed by atoms with E-state index in [2.05, 4.69) is 41.8 Å². The van der Waals surface area contributed by atoms with Gasteiger partial charge in [-0.15, -0.1) is 0 Å². The quantitative estimate of drug-likeness (QED) is 0.676. The molecule has 0 atom stereocenters. The van der Waals surface area contributed by atoms with E-state index in [4.69, 9.17) is 0 Å². The number of hydrogen-bond donors (Lipinski definition) is 1. The smallest absolute Gasteiger partial charge is 0.274 e. The van der Waals surface area contributed by atoms with E-state index in [0.29, 0.717) is 5.69 Å². The molecular formula is C16H10Br2N2O. The van der Waals surface area contributed by atoms with Crippen molar-refractivity contribution in [3.8, 4) is 0 Å². The van der Waals surface area contributed by atoms with Gasteiger partial charge in [0.25, 0.3) is 5.56 Å². The summed E-state index contributed by atoms with van der Waals surface area (Å²) in [5.74, 6) is 0. The van der Waals surface area contributed by atoms with Crippen LogP contribution in [0.1, 0.15) is 11.3 Å². The van der Waals surface area contributed by atoms with Gasteiger partial charge in [-0.1, -0.05) is 50.1 Å². The fraction of sp³-hybridized carbons (Fsp3) is 0. The van der Waals surface area contributed by atoms with Gasteiger partial charge in [-0.05, 0) is 42.0 Å². The third-order valence-electron chi connectivity index (χ3n) is 2.99. The summed E-state index contributed by atoms with van der Waals surface area (Å²) in [5.41, 5.74) is 2.68. The minimum absolute atomic E-state index is 0.196. The number of aromatic amines is 1. The van der Waals surface area contributed by atoms with Crippen LogP contribution in [0.2, 0.25) is 0 Å². The second-order valence-corrected chi connectivity index (χ2v) is 6.33. The largest absolute Gasteiger partial charge is 0.319 e. The maximum Gasteiger partial charge on any atom is 0.274 e. The lowest BCUT2D eigenvalue weighted by Crippen LogP contribution is -2.11. The van der Waals surface area contributed by atoms with E-state index in [-0.39, 0.29) is 5.56 Å². The van der Waals surface area contributed by atoms with Gasteiger partial charge in [0.15, 0.2) is 0 Å². The second-order valence-electron chi connectivity index (χ2n) is 4.50. The van der Waals surface area contributed by atoms with Gasteiger partial charge in [0.1, 0.15) is 5.69 Å². The first-order valence-corrected chi connectivity index (χ1v) is 7.84. The summed E-state index contributed by atoms with van der Waals surface area (Å²) in [6, 6.07) is 13.4. The van der Waals surface area contributed by atoms with Crippen LogP contribution in [0.25, 0.3) is 23.2 Å². The van der Waals surface area contributed by atoms with Crippen molar-refractivity contribution in [1.29, 1.82) is 0 Å². The van der Waals surface area contributed by atoms with E-state index >= 15 is 0 Å². The van der Waals surface area contributed by atoms with Crippen LogP contribution >= 0.6 is 31.9 Å². The summed E-state index contributed by atoms with van der Waals surface area (Å²) in [7, 11) is 0. The highest BCUT2D eigenvalue weighted by Gasteiger charge is 2.02. The van der Waals surface area contributed by atoms with Gasteiger partial charge in [0.2, 0.25) is 0 Å². The Morgan fingerprint density at radius 2 is 1.67 bits per heavy atom. The zero-order valence-corrected chi connectivity index (χ0v) is 14.0. The first kappa shape index (κ1) is 14.2. The third-order valence-corrected chi connectivity index (χ3v) is 4.01. The highest BCUT2D eigenvalue weighted by Crippen LogP contribution is 2.16. The summed E-state index contributed by atoms with van der Waals surface area (Å²) in [4.78, 5) is 19.2. The lowest BCUT2D eigenvalue weighted by atomic mass is 10.2. The predicted molar refractivity (Wildman–Crippen MR) is 93.1 cm³/mol. The summed E-state index contributed by atoms with van der Waals surface area (Å²) in [6.45, 7) is 0. The number of fused-ring (bicyclic) bond motifs is 1. The minimum Gasteiger partial charge on any atom is -0.319 e. The molecule has 0 aliphatic carbocycles. The molecule has 0 bridgehead atoms. The van der Waals surface area contributed by atoms with Gasteiger partial charge < -0.3 is 4.98 Å². The normalized spacial score (nSPS) is 11.3. The van der Waals surface area contributed by atoms with Crippen molar-refractivity contribution < 1.29 is 0 Å². The number of rotatable bonds is 2. The Morgan fingerprint density at radius 3 is 2.43 bits per heavy atom. The van der Waals surface area contributed by atoms with Crippen LogP contribution in [-0.4, -0.2) is 9.97 Å². The Kier molecular flexibility index (Phi) is 4.03. The number of hydrogen-bond acceptors (Lipinski definition) is 2. The molecule has 0 saturated heterocycles. The van der Waals surface area contributed by atoms with Crippen LogP contribution in [0, 0.1) is 0 Å². The maximum atomic E-state index is 12.0. The molecule has 0 amide bonds. The predicted octanol–water partition coefficient (Wildman–Crippen LogP) is 4.62. The summed E-state index contributed by atoms with van der Waals surface area (Å²) < 4.78 is 1.95. The molecule has 0 saturated carbocycles. The van der Waals surface area contributed by atoms with Gasteiger partial charge in [0.05, 0.1) is 11.0 Å². The number of nitrogens with zero attached hydrogens (tertiary/aromatic N) is 1. The first-order valence-electron chi connectivity index (χ1n) is 6.25. The SMILES string of the molecule is O=c1[nH]c2ccc(Br)cc2nc1/C=C/c1ccc(Br)cc1. The lowest BCUT2D eigenvalue weighted by molar-refractivity contribution is 1.19. The van der Waals surface area contributed by atoms with Gasteiger partial charge in [-0.25, -0.2) is 4.98 Å². The van der Waals surface area contributed by atoms with E-state index in [0.717, 1.165) is 25.5 Å². The molecule has 2 aromatic carbocycles. The van der Waals surface area contributed by atoms with Gasteiger partial charge >= 0.3 is 0 Å². The van der Waals surface area contributed by atoms with Crippen molar-refractivity contribution in [1.82, 2.24) is 9.97 Å². The van der Waals surface area contributed by atoms with Gasteiger partial charge in [0, 0.05) is 8.95 Å². The van der Waals surface area contributed by atoms with E-state index < -0.39 is 0 Å². The molecule has 0 radical (unpaired) electrons. The van der Waals surface area contributed by atoms with Gasteiger partial charge in [-0.3, -0.25) is 4.79 Å². The van der Waals surface area contributed by atoms with E-state index in [1.54, 1.807) is 6.08 Å². The maximum absolute atomic E-state index is 12.0. The number of H-pyrrole nitrogens is 1. The third kappa shape index (κ3) is 3.31. The number of nitrogens with one attached hydrogen (secondary N) is 1. The molecule has 3 aromatic rings. The van der Waals surface area contributed by atoms with E-state index in [9.17, 15) is 4.79 Å². The van der Waals surface area contributed by atoms with E-state index in [1.165, 1.54) is 0 Å². The molecular weight excluding hydrogens is 396 g/mol. The Labute approximate surface area is 138 Å². The molecule has 0 aliphatic rings. The fourth-order valence-corrected chi connectivity index (χ4v) is 2.55. The van der Waals surface area contributed by atoms with Crippen molar-refractivity contribution in [2.75, 3.05) is 0 Å². The van der Waals surface area contributed by atoms with Crippen molar-refractivity contribution >= 4 is 55.0 Å². The monoisotopic (exact) mass is 404 g/mol. The Morgan fingerprint density at radius 1 is 0.952 bits per heavy atom. The number of aromatic nitrogens is 2. The van der Waals surface area contributed by atoms with Crippen LogP contribution in [0.4, 0.5) is 0 Å². The average molecular weight is 406 g/mol. The Hall–Kier alpha value is -1.72. The van der Waals surface area contributed by atoms with Gasteiger partial charge in [-0.2, -0.15) is 0 Å². The number of benzene rings is 2. The van der Waals surface area contributed by atoms with E-state index in [1.807, 2.05) is 48.5 Å². The molecule has 0 fully saturated rings. The molecule has 0 spiro atoms. The molecule has 3 rings (SSSR count). The van der Waals surface area contributed by atoms with Crippen LogP contribution in [-0.2, 0) is 0 Å². The van der Waals surface area contributed by atoms with Crippen LogP contribution in [0.5, 0.6) is 0 Å². The highest BCUT2D eigenvalue weighted by molar-refractivity contribution is 9.10. The average Bonchev–Trinajstić information content (AvgIpc) is 2.47. The van der Waals surface area contributed by atoms with Crippen LogP contribution in [0.15, 0.2) is 56.2 Å². The number of halogens is 2. The van der Waals surface area contributed by atoms with Crippen molar-refractivity contribution in [3.05, 3.63) is 73.0 Å². The van der Waals surface area contributed by atoms with Crippen LogP contribution < -0.4 is 5.56 Å². The first-order chi connectivity index (χ1) is 10.1. The zero-order valence-electron chi connectivity index (χ0n) is 10.8. The second kappa shape index (κ2) is 5.95. The Balaban J connectivity index is 2.01. The summed E-state index contributed by atoms with van der Waals surface area (Å²) in [6.07, 6.45) is 3.59. The highest BCUT2D eigenvalue weighted by atomic mass is 79.9. The van der Waals surface area contributed by atoms with Crippen molar-refractivity contribution in [2.45, 2.75) is 0 Å². The molecule has 3 nitrogen and oxygen atoms in total. The molecule has 1 heterocycles. The molecule has 21 heavy (non-hydrogen) atoms. The zero-order chi connectivity index (χ0) is 14.8. The Bertz CT molecular complexity index is 883.